The molecule has 1 aliphatic rings. The number of nitrogens with one attached hydrogen (secondary N) is 2. The second-order valence-corrected chi connectivity index (χ2v) is 10.1. The molecule has 1 aromatic heterocycles. The molecule has 9 heteroatoms. The lowest BCUT2D eigenvalue weighted by atomic mass is 9.85. The van der Waals surface area contributed by atoms with E-state index in [0.717, 1.165) is 11.1 Å². The topological polar surface area (TPSA) is 88.2 Å². The molecule has 6 nitrogen and oxygen atoms in total. The number of halogens is 3. The van der Waals surface area contributed by atoms with Gasteiger partial charge in [0, 0.05) is 36.2 Å². The molecule has 2 amide bonds. The van der Waals surface area contributed by atoms with Crippen LogP contribution in [0.2, 0.25) is 5.02 Å². The number of carbonyl (C=O) groups is 3. The fraction of sp³-hybridized carbons (Fsp3) is 0.440. The molecule has 1 heterocycles. The Morgan fingerprint density at radius 1 is 1.18 bits per heavy atom. The van der Waals surface area contributed by atoms with Crippen LogP contribution in [0.25, 0.3) is 11.3 Å². The van der Waals surface area contributed by atoms with E-state index in [2.05, 4.69) is 15.6 Å². The third-order valence-corrected chi connectivity index (χ3v) is 5.89. The molecule has 2 unspecified atom stereocenters. The number of ketones is 2. The normalized spacial score (nSPS) is 18.0. The molecule has 2 N–H and O–H groups in total. The van der Waals surface area contributed by atoms with E-state index in [4.69, 9.17) is 11.6 Å². The Hall–Kier alpha value is -2.51. The molecule has 34 heavy (non-hydrogen) atoms. The Kier molecular flexibility index (Phi) is 8.83. The SMILES string of the molecule is Cc1cc(-c2ncc(Cl)cc2F)cc(C)c1C1C(=O)CC(CCNC(=O)NC(C)(C)C)C1=O.Cl. The van der Waals surface area contributed by atoms with Crippen molar-refractivity contribution in [1.82, 2.24) is 15.6 Å². The maximum atomic E-state index is 14.4. The van der Waals surface area contributed by atoms with Crippen LogP contribution in [0, 0.1) is 25.6 Å². The number of benzene rings is 1. The van der Waals surface area contributed by atoms with Crippen molar-refractivity contribution in [3.8, 4) is 11.3 Å². The lowest BCUT2D eigenvalue weighted by molar-refractivity contribution is -0.124. The molecular formula is C25H30Cl2FN3O3. The van der Waals surface area contributed by atoms with Crippen molar-refractivity contribution < 1.29 is 18.8 Å². The van der Waals surface area contributed by atoms with Gasteiger partial charge in [0.2, 0.25) is 0 Å². The minimum Gasteiger partial charge on any atom is -0.338 e. The van der Waals surface area contributed by atoms with E-state index in [9.17, 15) is 18.8 Å². The number of hydrogen-bond acceptors (Lipinski definition) is 4. The molecule has 184 valence electrons. The molecule has 1 saturated carbocycles. The first-order valence-corrected chi connectivity index (χ1v) is 11.3. The Labute approximate surface area is 210 Å². The van der Waals surface area contributed by atoms with E-state index in [1.807, 2.05) is 34.6 Å². The van der Waals surface area contributed by atoms with Crippen molar-refractivity contribution in [2.75, 3.05) is 6.54 Å². The van der Waals surface area contributed by atoms with Crippen LogP contribution in [-0.4, -0.2) is 34.7 Å². The number of Topliss-reactive ketones (excluding diaryl/α,β-unsaturated/α-hetero) is 2. The highest BCUT2D eigenvalue weighted by molar-refractivity contribution is 6.30. The Morgan fingerprint density at radius 3 is 2.35 bits per heavy atom. The van der Waals surface area contributed by atoms with Crippen LogP contribution in [-0.2, 0) is 9.59 Å². The molecule has 0 radical (unpaired) electrons. The van der Waals surface area contributed by atoms with E-state index < -0.39 is 17.7 Å². The maximum Gasteiger partial charge on any atom is 0.315 e. The number of rotatable bonds is 5. The number of aryl methyl sites for hydroxylation is 2. The minimum atomic E-state index is -0.838. The van der Waals surface area contributed by atoms with Crippen molar-refractivity contribution in [2.45, 2.75) is 58.9 Å². The van der Waals surface area contributed by atoms with Crippen LogP contribution in [0.5, 0.6) is 0 Å². The summed E-state index contributed by atoms with van der Waals surface area (Å²) in [5.41, 5.74) is 2.50. The molecule has 0 aliphatic heterocycles. The molecule has 3 rings (SSSR count). The quantitative estimate of drug-likeness (QED) is 0.534. The highest BCUT2D eigenvalue weighted by Crippen LogP contribution is 2.38. The largest absolute Gasteiger partial charge is 0.338 e. The number of urea groups is 1. The standard InChI is InChI=1S/C25H29ClFN3O3.ClH/c1-13-8-16(22-18(27)11-17(26)12-29-22)9-14(2)20(13)21-19(31)10-15(23(21)32)6-7-28-24(33)30-25(3,4)5;/h8-9,11-12,15,21H,6-7,10H2,1-5H3,(H2,28,30,33);1H. The zero-order valence-electron chi connectivity index (χ0n) is 19.9. The van der Waals surface area contributed by atoms with Gasteiger partial charge in [-0.05, 0) is 75.9 Å². The third kappa shape index (κ3) is 6.33. The van der Waals surface area contributed by atoms with Crippen LogP contribution in [0.15, 0.2) is 24.4 Å². The van der Waals surface area contributed by atoms with E-state index >= 15 is 0 Å². The monoisotopic (exact) mass is 509 g/mol. The van der Waals surface area contributed by atoms with Gasteiger partial charge in [0.15, 0.2) is 11.6 Å². The third-order valence-electron chi connectivity index (χ3n) is 5.69. The van der Waals surface area contributed by atoms with Crippen LogP contribution in [0.4, 0.5) is 9.18 Å². The first-order valence-electron chi connectivity index (χ1n) is 10.9. The average molecular weight is 510 g/mol. The van der Waals surface area contributed by atoms with Crippen LogP contribution >= 0.6 is 24.0 Å². The summed E-state index contributed by atoms with van der Waals surface area (Å²) < 4.78 is 14.4. The van der Waals surface area contributed by atoms with Crippen LogP contribution < -0.4 is 10.6 Å². The zero-order chi connectivity index (χ0) is 24.5. The number of carbonyl (C=O) groups excluding carboxylic acids is 3. The summed E-state index contributed by atoms with van der Waals surface area (Å²) in [7, 11) is 0. The lowest BCUT2D eigenvalue weighted by Gasteiger charge is -2.21. The van der Waals surface area contributed by atoms with E-state index in [1.54, 1.807) is 12.1 Å². The molecular weight excluding hydrogens is 480 g/mol. The van der Waals surface area contributed by atoms with Gasteiger partial charge in [0.25, 0.3) is 0 Å². The summed E-state index contributed by atoms with van der Waals surface area (Å²) in [4.78, 5) is 42.0. The number of amides is 2. The summed E-state index contributed by atoms with van der Waals surface area (Å²) in [6, 6.07) is 4.38. The Bertz CT molecular complexity index is 1090. The molecule has 2 aromatic rings. The maximum absolute atomic E-state index is 14.4. The van der Waals surface area contributed by atoms with Gasteiger partial charge in [-0.2, -0.15) is 0 Å². The highest BCUT2D eigenvalue weighted by atomic mass is 35.5. The van der Waals surface area contributed by atoms with E-state index in [-0.39, 0.29) is 52.7 Å². The zero-order valence-corrected chi connectivity index (χ0v) is 21.5. The van der Waals surface area contributed by atoms with Gasteiger partial charge in [0.1, 0.15) is 17.4 Å². The number of nitrogens with zero attached hydrogens (tertiary/aromatic N) is 1. The summed E-state index contributed by atoms with van der Waals surface area (Å²) in [5.74, 6) is -2.07. The van der Waals surface area contributed by atoms with Gasteiger partial charge in [-0.3, -0.25) is 14.6 Å². The highest BCUT2D eigenvalue weighted by Gasteiger charge is 2.42. The first-order chi connectivity index (χ1) is 15.4. The van der Waals surface area contributed by atoms with Crippen LogP contribution in [0.3, 0.4) is 0 Å². The van der Waals surface area contributed by atoms with E-state index in [1.165, 1.54) is 12.3 Å². The van der Waals surface area contributed by atoms with Crippen molar-refractivity contribution in [2.24, 2.45) is 5.92 Å². The van der Waals surface area contributed by atoms with Crippen molar-refractivity contribution in [3.63, 3.8) is 0 Å². The molecule has 0 spiro atoms. The molecule has 1 fully saturated rings. The fourth-order valence-electron chi connectivity index (χ4n) is 4.34. The molecule has 2 atom stereocenters. The molecule has 1 aliphatic carbocycles. The summed E-state index contributed by atoms with van der Waals surface area (Å²) >= 11 is 5.80. The summed E-state index contributed by atoms with van der Waals surface area (Å²) in [6.45, 7) is 9.56. The summed E-state index contributed by atoms with van der Waals surface area (Å²) in [6.07, 6.45) is 1.93. The van der Waals surface area contributed by atoms with Gasteiger partial charge in [-0.15, -0.1) is 12.4 Å². The number of hydrogen-bond donors (Lipinski definition) is 2. The average Bonchev–Trinajstić information content (AvgIpc) is 2.94. The second kappa shape index (κ2) is 10.8. The van der Waals surface area contributed by atoms with Gasteiger partial charge in [0.05, 0.1) is 5.02 Å². The van der Waals surface area contributed by atoms with Gasteiger partial charge < -0.3 is 10.6 Å². The predicted molar refractivity (Wildman–Crippen MR) is 133 cm³/mol. The number of aromatic nitrogens is 1. The fourth-order valence-corrected chi connectivity index (χ4v) is 4.49. The predicted octanol–water partition coefficient (Wildman–Crippen LogP) is 5.31. The smallest absolute Gasteiger partial charge is 0.315 e. The van der Waals surface area contributed by atoms with Crippen molar-refractivity contribution >= 4 is 41.6 Å². The van der Waals surface area contributed by atoms with E-state index in [0.29, 0.717) is 24.1 Å². The van der Waals surface area contributed by atoms with Gasteiger partial charge >= 0.3 is 6.03 Å². The minimum absolute atomic E-state index is 0. The van der Waals surface area contributed by atoms with Crippen molar-refractivity contribution in [1.29, 1.82) is 0 Å². The first kappa shape index (κ1) is 27.7. The molecule has 0 bridgehead atoms. The lowest BCUT2D eigenvalue weighted by Crippen LogP contribution is -2.46. The molecule has 1 aromatic carbocycles. The summed E-state index contributed by atoms with van der Waals surface area (Å²) in [5, 5.41) is 5.76. The molecule has 0 saturated heterocycles. The Balaban J connectivity index is 0.00000408. The van der Waals surface area contributed by atoms with Crippen molar-refractivity contribution in [3.05, 3.63) is 51.9 Å². The van der Waals surface area contributed by atoms with Gasteiger partial charge in [-0.25, -0.2) is 9.18 Å². The second-order valence-electron chi connectivity index (χ2n) is 9.63. The van der Waals surface area contributed by atoms with Crippen LogP contribution in [0.1, 0.15) is 56.2 Å². The number of pyridine rings is 1. The Morgan fingerprint density at radius 2 is 1.79 bits per heavy atom. The van der Waals surface area contributed by atoms with Gasteiger partial charge in [-0.1, -0.05) is 11.6 Å².